The van der Waals surface area contributed by atoms with Gasteiger partial charge in [-0.25, -0.2) is 4.39 Å². The quantitative estimate of drug-likeness (QED) is 0.896. The van der Waals surface area contributed by atoms with Gasteiger partial charge < -0.3 is 5.73 Å². The second kappa shape index (κ2) is 6.41. The molecule has 0 bridgehead atoms. The summed E-state index contributed by atoms with van der Waals surface area (Å²) in [4.78, 5) is 6.42. The Kier molecular flexibility index (Phi) is 4.60. The summed E-state index contributed by atoms with van der Waals surface area (Å²) in [5.41, 5.74) is 8.82. The molecule has 0 radical (unpaired) electrons. The minimum absolute atomic E-state index is 0.205. The van der Waals surface area contributed by atoms with Crippen molar-refractivity contribution in [2.24, 2.45) is 5.73 Å². The highest BCUT2D eigenvalue weighted by atomic mass is 19.1. The van der Waals surface area contributed by atoms with Crippen LogP contribution < -0.4 is 5.73 Å². The van der Waals surface area contributed by atoms with E-state index in [0.717, 1.165) is 29.9 Å². The molecule has 0 spiro atoms. The Labute approximate surface area is 112 Å². The Balaban J connectivity index is 2.01. The van der Waals surface area contributed by atoms with E-state index < -0.39 is 0 Å². The average molecular weight is 259 g/mol. The molecular formula is C15H18FN3. The van der Waals surface area contributed by atoms with Gasteiger partial charge in [-0.05, 0) is 36.4 Å². The first kappa shape index (κ1) is 13.6. The predicted octanol–water partition coefficient (Wildman–Crippen LogP) is 2.31. The highest BCUT2D eigenvalue weighted by Crippen LogP contribution is 2.11. The molecule has 1 aromatic carbocycles. The van der Waals surface area contributed by atoms with Gasteiger partial charge in [0.15, 0.2) is 0 Å². The number of nitrogens with zero attached hydrogens (tertiary/aromatic N) is 2. The number of pyridine rings is 1. The molecule has 0 fully saturated rings. The summed E-state index contributed by atoms with van der Waals surface area (Å²) in [5.74, 6) is -0.205. The average Bonchev–Trinajstić information content (AvgIpc) is 2.42. The van der Waals surface area contributed by atoms with E-state index in [1.807, 2.05) is 19.2 Å². The summed E-state index contributed by atoms with van der Waals surface area (Å²) in [5, 5.41) is 0. The van der Waals surface area contributed by atoms with Crippen LogP contribution in [-0.4, -0.2) is 16.9 Å². The Morgan fingerprint density at radius 1 is 1.16 bits per heavy atom. The Bertz CT molecular complexity index is 525. The molecule has 0 unspecified atom stereocenters. The van der Waals surface area contributed by atoms with Gasteiger partial charge in [0.05, 0.1) is 5.69 Å². The van der Waals surface area contributed by atoms with Crippen LogP contribution in [0, 0.1) is 5.82 Å². The molecular weight excluding hydrogens is 241 g/mol. The van der Waals surface area contributed by atoms with Crippen LogP contribution in [0.25, 0.3) is 0 Å². The summed E-state index contributed by atoms with van der Waals surface area (Å²) in [7, 11) is 2.02. The van der Waals surface area contributed by atoms with E-state index in [-0.39, 0.29) is 5.82 Å². The molecule has 0 atom stereocenters. The van der Waals surface area contributed by atoms with E-state index in [4.69, 9.17) is 5.73 Å². The minimum atomic E-state index is -0.205. The zero-order chi connectivity index (χ0) is 13.7. The van der Waals surface area contributed by atoms with Gasteiger partial charge in [-0.3, -0.25) is 9.88 Å². The smallest absolute Gasteiger partial charge is 0.123 e. The van der Waals surface area contributed by atoms with Gasteiger partial charge in [-0.2, -0.15) is 0 Å². The second-order valence-corrected chi connectivity index (χ2v) is 4.61. The first-order valence-corrected chi connectivity index (χ1v) is 6.25. The van der Waals surface area contributed by atoms with Crippen LogP contribution in [0.5, 0.6) is 0 Å². The van der Waals surface area contributed by atoms with Crippen molar-refractivity contribution in [2.75, 3.05) is 7.05 Å². The number of hydrogen-bond donors (Lipinski definition) is 1. The third-order valence-electron chi connectivity index (χ3n) is 2.98. The molecule has 2 rings (SSSR count). The van der Waals surface area contributed by atoms with Crippen LogP contribution in [0.1, 0.15) is 16.8 Å². The van der Waals surface area contributed by atoms with Crippen molar-refractivity contribution in [1.82, 2.24) is 9.88 Å². The number of nitrogens with two attached hydrogens (primary N) is 1. The van der Waals surface area contributed by atoms with Gasteiger partial charge in [-0.1, -0.05) is 18.2 Å². The number of rotatable bonds is 5. The molecule has 0 saturated carbocycles. The zero-order valence-corrected chi connectivity index (χ0v) is 11.0. The molecule has 1 heterocycles. The second-order valence-electron chi connectivity index (χ2n) is 4.61. The molecule has 3 nitrogen and oxygen atoms in total. The summed E-state index contributed by atoms with van der Waals surface area (Å²) in [6.45, 7) is 1.98. The molecule has 2 aromatic rings. The fourth-order valence-corrected chi connectivity index (χ4v) is 2.05. The van der Waals surface area contributed by atoms with Crippen LogP contribution >= 0.6 is 0 Å². The summed E-state index contributed by atoms with van der Waals surface area (Å²) in [6.07, 6.45) is 1.76. The lowest BCUT2D eigenvalue weighted by atomic mass is 10.1. The first-order chi connectivity index (χ1) is 9.19. The van der Waals surface area contributed by atoms with Crippen molar-refractivity contribution >= 4 is 0 Å². The highest BCUT2D eigenvalue weighted by molar-refractivity contribution is 5.20. The first-order valence-electron chi connectivity index (χ1n) is 6.25. The van der Waals surface area contributed by atoms with Gasteiger partial charge in [0, 0.05) is 25.8 Å². The fraction of sp³-hybridized carbons (Fsp3) is 0.267. The number of aromatic nitrogens is 1. The van der Waals surface area contributed by atoms with Crippen molar-refractivity contribution in [2.45, 2.75) is 19.6 Å². The fourth-order valence-electron chi connectivity index (χ4n) is 2.05. The molecule has 0 saturated heterocycles. The molecule has 4 heteroatoms. The van der Waals surface area contributed by atoms with Crippen LogP contribution in [0.2, 0.25) is 0 Å². The topological polar surface area (TPSA) is 42.2 Å². The standard InChI is InChI=1S/C15H18FN3/c1-19(10-12-4-6-14(16)7-5-12)11-13-3-2-8-18-15(13)9-17/h2-8H,9-11,17H2,1H3. The number of halogens is 1. The van der Waals surface area contributed by atoms with Crippen molar-refractivity contribution in [3.8, 4) is 0 Å². The molecule has 2 N–H and O–H groups in total. The normalized spacial score (nSPS) is 10.9. The minimum Gasteiger partial charge on any atom is -0.325 e. The van der Waals surface area contributed by atoms with E-state index in [1.54, 1.807) is 18.3 Å². The van der Waals surface area contributed by atoms with Gasteiger partial charge in [0.1, 0.15) is 5.82 Å². The van der Waals surface area contributed by atoms with Gasteiger partial charge >= 0.3 is 0 Å². The SMILES string of the molecule is CN(Cc1ccc(F)cc1)Cc1cccnc1CN. The molecule has 0 aliphatic carbocycles. The van der Waals surface area contributed by atoms with E-state index in [9.17, 15) is 4.39 Å². The van der Waals surface area contributed by atoms with E-state index in [1.165, 1.54) is 12.1 Å². The summed E-state index contributed by atoms with van der Waals surface area (Å²) in [6, 6.07) is 10.5. The maximum atomic E-state index is 12.8. The lowest BCUT2D eigenvalue weighted by molar-refractivity contribution is 0.317. The van der Waals surface area contributed by atoms with Crippen LogP contribution in [0.3, 0.4) is 0 Å². The van der Waals surface area contributed by atoms with Crippen molar-refractivity contribution in [3.63, 3.8) is 0 Å². The predicted molar refractivity (Wildman–Crippen MR) is 73.7 cm³/mol. The van der Waals surface area contributed by atoms with Gasteiger partial charge in [0.25, 0.3) is 0 Å². The van der Waals surface area contributed by atoms with Gasteiger partial charge in [0.2, 0.25) is 0 Å². The Hall–Kier alpha value is -1.78. The van der Waals surface area contributed by atoms with Crippen molar-refractivity contribution < 1.29 is 4.39 Å². The maximum Gasteiger partial charge on any atom is 0.123 e. The van der Waals surface area contributed by atoms with E-state index in [0.29, 0.717) is 6.54 Å². The van der Waals surface area contributed by atoms with E-state index >= 15 is 0 Å². The third-order valence-corrected chi connectivity index (χ3v) is 2.98. The molecule has 19 heavy (non-hydrogen) atoms. The number of hydrogen-bond acceptors (Lipinski definition) is 3. The molecule has 0 aliphatic heterocycles. The Morgan fingerprint density at radius 2 is 1.89 bits per heavy atom. The molecule has 0 amide bonds. The third kappa shape index (κ3) is 3.84. The monoisotopic (exact) mass is 259 g/mol. The van der Waals surface area contributed by atoms with Crippen LogP contribution in [0.15, 0.2) is 42.6 Å². The molecule has 1 aromatic heterocycles. The lowest BCUT2D eigenvalue weighted by Crippen LogP contribution is -2.19. The van der Waals surface area contributed by atoms with Gasteiger partial charge in [-0.15, -0.1) is 0 Å². The highest BCUT2D eigenvalue weighted by Gasteiger charge is 2.06. The van der Waals surface area contributed by atoms with Crippen molar-refractivity contribution in [1.29, 1.82) is 0 Å². The zero-order valence-electron chi connectivity index (χ0n) is 11.0. The summed E-state index contributed by atoms with van der Waals surface area (Å²) < 4.78 is 12.8. The summed E-state index contributed by atoms with van der Waals surface area (Å²) >= 11 is 0. The molecule has 100 valence electrons. The number of benzene rings is 1. The van der Waals surface area contributed by atoms with E-state index in [2.05, 4.69) is 9.88 Å². The largest absolute Gasteiger partial charge is 0.325 e. The Morgan fingerprint density at radius 3 is 2.58 bits per heavy atom. The lowest BCUT2D eigenvalue weighted by Gasteiger charge is -2.18. The van der Waals surface area contributed by atoms with Crippen LogP contribution in [-0.2, 0) is 19.6 Å². The van der Waals surface area contributed by atoms with Crippen molar-refractivity contribution in [3.05, 3.63) is 65.2 Å². The maximum absolute atomic E-state index is 12.8. The molecule has 0 aliphatic rings. The van der Waals surface area contributed by atoms with Crippen LogP contribution in [0.4, 0.5) is 4.39 Å².